The maximum atomic E-state index is 12.6. The molecule has 7 fully saturated rings. The molecule has 3 heterocycles. The lowest BCUT2D eigenvalue weighted by atomic mass is 9.33. The van der Waals surface area contributed by atoms with Crippen LogP contribution in [0, 0.1) is 50.2 Å². The fraction of sp³-hybridized carbons (Fsp3) is 0.958. The van der Waals surface area contributed by atoms with Crippen molar-refractivity contribution in [3.05, 3.63) is 11.6 Å². The summed E-state index contributed by atoms with van der Waals surface area (Å²) >= 11 is 0. The molecule has 3 aliphatic heterocycles. The number of rotatable bonds is 11. The minimum absolute atomic E-state index is 0.0417. The maximum Gasteiger partial charge on any atom is 0.186 e. The zero-order chi connectivity index (χ0) is 49.0. The van der Waals surface area contributed by atoms with Crippen molar-refractivity contribution in [3.8, 4) is 0 Å². The van der Waals surface area contributed by atoms with E-state index in [4.69, 9.17) is 28.4 Å². The molecule has 3 saturated heterocycles. The molecule has 0 radical (unpaired) electrons. The average Bonchev–Trinajstić information content (AvgIpc) is 3.28. The molecule has 0 bridgehead atoms. The van der Waals surface area contributed by atoms with Crippen LogP contribution >= 0.6 is 0 Å². The fourth-order valence-corrected chi connectivity index (χ4v) is 15.0. The van der Waals surface area contributed by atoms with Gasteiger partial charge in [0.2, 0.25) is 0 Å². The normalized spacial score (nSPS) is 55.4. The van der Waals surface area contributed by atoms with Gasteiger partial charge in [-0.3, -0.25) is 0 Å². The van der Waals surface area contributed by atoms with Gasteiger partial charge in [-0.1, -0.05) is 53.2 Å². The third-order valence-electron chi connectivity index (χ3n) is 19.5. The number of allylic oxidation sites excluding steroid dienone is 2. The number of ether oxygens (including phenoxy) is 6. The highest BCUT2D eigenvalue weighted by molar-refractivity contribution is 5.35. The summed E-state index contributed by atoms with van der Waals surface area (Å²) in [5.41, 5.74) is -1.33. The smallest absolute Gasteiger partial charge is 0.186 e. The molecule has 25 atom stereocenters. The van der Waals surface area contributed by atoms with Crippen molar-refractivity contribution in [2.24, 2.45) is 50.2 Å². The number of hydrogen-bond donors (Lipinski definition) is 13. The Morgan fingerprint density at radius 3 is 1.63 bits per heavy atom. The Labute approximate surface area is 392 Å². The minimum Gasteiger partial charge on any atom is -0.394 e. The Kier molecular flexibility index (Phi) is 14.7. The first kappa shape index (κ1) is 52.3. The predicted octanol–water partition coefficient (Wildman–Crippen LogP) is -1.44. The molecule has 8 aliphatic rings. The van der Waals surface area contributed by atoms with E-state index in [-0.39, 0.29) is 47.2 Å². The molecule has 13 N–H and O–H groups in total. The van der Waals surface area contributed by atoms with Gasteiger partial charge in [0, 0.05) is 10.8 Å². The van der Waals surface area contributed by atoms with E-state index in [1.807, 2.05) is 6.92 Å². The largest absolute Gasteiger partial charge is 0.394 e. The molecule has 4 saturated carbocycles. The van der Waals surface area contributed by atoms with Crippen LogP contribution in [-0.4, -0.2) is 204 Å². The molecule has 0 aromatic heterocycles. The summed E-state index contributed by atoms with van der Waals surface area (Å²) in [5, 5.41) is 140. The number of hydrogen-bond acceptors (Lipinski definition) is 19. The highest BCUT2D eigenvalue weighted by Gasteiger charge is 2.71. The van der Waals surface area contributed by atoms with Crippen LogP contribution in [0.1, 0.15) is 99.3 Å². The Morgan fingerprint density at radius 2 is 1.06 bits per heavy atom. The maximum absolute atomic E-state index is 12.6. The van der Waals surface area contributed by atoms with Crippen LogP contribution in [0.3, 0.4) is 0 Å². The topological polar surface area (TPSA) is 318 Å². The van der Waals surface area contributed by atoms with Gasteiger partial charge in [-0.25, -0.2) is 0 Å². The summed E-state index contributed by atoms with van der Waals surface area (Å²) < 4.78 is 35.4. The first-order valence-corrected chi connectivity index (χ1v) is 24.6. The van der Waals surface area contributed by atoms with Crippen LogP contribution < -0.4 is 0 Å². The molecule has 19 heteroatoms. The summed E-state index contributed by atoms with van der Waals surface area (Å²) in [4.78, 5) is 0. The molecule has 5 aliphatic carbocycles. The van der Waals surface area contributed by atoms with E-state index < -0.39 is 140 Å². The van der Waals surface area contributed by atoms with E-state index in [1.54, 1.807) is 0 Å². The van der Waals surface area contributed by atoms with E-state index in [0.29, 0.717) is 19.3 Å². The molecule has 67 heavy (non-hydrogen) atoms. The minimum atomic E-state index is -1.73. The summed E-state index contributed by atoms with van der Waals surface area (Å²) in [7, 11) is 0. The third-order valence-corrected chi connectivity index (χ3v) is 19.5. The van der Waals surface area contributed by atoms with Crippen LogP contribution in [-0.2, 0) is 28.4 Å². The van der Waals surface area contributed by atoms with Gasteiger partial charge in [0.1, 0.15) is 73.2 Å². The molecule has 386 valence electrons. The van der Waals surface area contributed by atoms with Gasteiger partial charge < -0.3 is 94.8 Å². The van der Waals surface area contributed by atoms with Crippen molar-refractivity contribution in [2.75, 3.05) is 33.0 Å². The summed E-state index contributed by atoms with van der Waals surface area (Å²) in [5.74, 6) is 0.000725. The summed E-state index contributed by atoms with van der Waals surface area (Å²) in [6.07, 6.45) is -15.6. The van der Waals surface area contributed by atoms with Crippen LogP contribution in [0.25, 0.3) is 0 Å². The molecular formula is C48H80O19. The number of fused-ring (bicyclic) bond motifs is 7. The van der Waals surface area contributed by atoms with Crippen LogP contribution in [0.2, 0.25) is 0 Å². The Hall–Kier alpha value is -1.02. The van der Waals surface area contributed by atoms with Crippen molar-refractivity contribution in [2.45, 2.75) is 204 Å². The van der Waals surface area contributed by atoms with Crippen molar-refractivity contribution in [1.29, 1.82) is 0 Å². The van der Waals surface area contributed by atoms with Crippen molar-refractivity contribution >= 4 is 0 Å². The van der Waals surface area contributed by atoms with Gasteiger partial charge in [0.05, 0.1) is 45.2 Å². The Balaban J connectivity index is 1.01. The molecule has 0 unspecified atom stereocenters. The van der Waals surface area contributed by atoms with E-state index in [9.17, 15) is 66.4 Å². The quantitative estimate of drug-likeness (QED) is 0.106. The van der Waals surface area contributed by atoms with Crippen LogP contribution in [0.4, 0.5) is 0 Å². The zero-order valence-corrected chi connectivity index (χ0v) is 39.8. The predicted molar refractivity (Wildman–Crippen MR) is 233 cm³/mol. The van der Waals surface area contributed by atoms with E-state index in [0.717, 1.165) is 38.5 Å². The zero-order valence-electron chi connectivity index (χ0n) is 39.8. The van der Waals surface area contributed by atoms with Crippen molar-refractivity contribution in [3.63, 3.8) is 0 Å². The number of aliphatic hydroxyl groups is 13. The van der Waals surface area contributed by atoms with Gasteiger partial charge in [-0.2, -0.15) is 0 Å². The van der Waals surface area contributed by atoms with Gasteiger partial charge in [-0.15, -0.1) is 0 Å². The first-order valence-electron chi connectivity index (χ1n) is 24.6. The molecule has 0 aromatic carbocycles. The first-order chi connectivity index (χ1) is 31.3. The molecule has 0 aromatic rings. The third kappa shape index (κ3) is 8.42. The van der Waals surface area contributed by atoms with Gasteiger partial charge in [0.15, 0.2) is 18.9 Å². The van der Waals surface area contributed by atoms with E-state index in [2.05, 4.69) is 40.7 Å². The van der Waals surface area contributed by atoms with Crippen LogP contribution in [0.5, 0.6) is 0 Å². The van der Waals surface area contributed by atoms with Gasteiger partial charge >= 0.3 is 0 Å². The standard InChI is InChI=1S/C48H80O19/c1-43(2)13-14-48(21-64-42-38(60)35(57)32(54)25(18-50)66-42)23(15-43)22-7-8-28-44(3)11-10-29(51)45(4,27(44)9-12-46(28,5)47(22,6)16-30(48)52)20-63-41-39(61)36(58)33(55)26(67-41)19-62-40-37(59)34(56)31(53)24(17-49)65-40/h7,23-42,49-61H,8-21H2,1-6H3/t23-,24+,25+,26+,27+,28+,29-,30-,31+,32+,33+,34-,35-,36-,37+,38+,39+,40+,41+,42+,44-,45-,46+,47+,48+/m0/s1. The summed E-state index contributed by atoms with van der Waals surface area (Å²) in [6, 6.07) is 0. The Morgan fingerprint density at radius 1 is 0.537 bits per heavy atom. The van der Waals surface area contributed by atoms with Gasteiger partial charge in [-0.05, 0) is 97.2 Å². The average molecular weight is 961 g/mol. The second-order valence-electron chi connectivity index (χ2n) is 23.6. The van der Waals surface area contributed by atoms with Gasteiger partial charge in [0.25, 0.3) is 0 Å². The molecule has 0 spiro atoms. The highest BCUT2D eigenvalue weighted by atomic mass is 16.7. The van der Waals surface area contributed by atoms with E-state index in [1.165, 1.54) is 5.57 Å². The lowest BCUT2D eigenvalue weighted by Crippen LogP contribution is -2.68. The lowest BCUT2D eigenvalue weighted by molar-refractivity contribution is -0.336. The second-order valence-corrected chi connectivity index (χ2v) is 23.6. The second kappa shape index (κ2) is 18.8. The Bertz CT molecular complexity index is 1770. The molecule has 8 rings (SSSR count). The fourth-order valence-electron chi connectivity index (χ4n) is 15.0. The van der Waals surface area contributed by atoms with Crippen molar-refractivity contribution < 1.29 is 94.8 Å². The SMILES string of the molecule is CC1(C)CC[C@]2(CO[C@@H]3O[C@H](CO)[C@@H](O)[C@H](O)[C@H]3O)[C@@H](O)C[C@]3(C)C(=CC[C@@H]4[C@@]5(C)CC[C@H](O)[C@@](C)(CO[C@@H]6O[C@H](CO[C@@H]7O[C@H](CO)[C@@H](O)[C@H](O)[C@H]7O)[C@@H](O)[C@H](O)[C@H]6O)[C@@H]5CC[C@]43C)[C@@H]2C1. The highest BCUT2D eigenvalue weighted by Crippen LogP contribution is 2.76. The van der Waals surface area contributed by atoms with Crippen molar-refractivity contribution in [1.82, 2.24) is 0 Å². The summed E-state index contributed by atoms with van der Waals surface area (Å²) in [6.45, 7) is 11.7. The van der Waals surface area contributed by atoms with E-state index >= 15 is 0 Å². The monoisotopic (exact) mass is 961 g/mol. The molecule has 19 nitrogen and oxygen atoms in total. The van der Waals surface area contributed by atoms with Crippen LogP contribution in [0.15, 0.2) is 11.6 Å². The molecule has 0 amide bonds. The lowest BCUT2D eigenvalue weighted by Gasteiger charge is -2.72. The molecular weight excluding hydrogens is 881 g/mol. The number of aliphatic hydroxyl groups excluding tert-OH is 13.